The average Bonchev–Trinajstić information content (AvgIpc) is 3.05. The third-order valence-corrected chi connectivity index (χ3v) is 4.79. The molecule has 0 amide bonds. The van der Waals surface area contributed by atoms with Gasteiger partial charge in [-0.05, 0) is 61.8 Å². The van der Waals surface area contributed by atoms with Gasteiger partial charge in [0, 0.05) is 37.8 Å². The zero-order chi connectivity index (χ0) is 18.6. The summed E-state index contributed by atoms with van der Waals surface area (Å²) in [6.45, 7) is 4.56. The molecule has 0 saturated carbocycles. The maximum Gasteiger partial charge on any atom is 0.191 e. The van der Waals surface area contributed by atoms with Crippen molar-refractivity contribution in [1.29, 1.82) is 0 Å². The molecular formula is C19H29FIN5S. The van der Waals surface area contributed by atoms with Crippen molar-refractivity contribution < 1.29 is 4.39 Å². The standard InChI is InChI=1S/C19H28FN5S.HI/c1-3-21-19(22-11-4-6-16-14-24-25(2)15-16)23-12-5-13-26-18-9-7-17(20)8-10-18;/h7-10,14-15H,3-6,11-13H2,1-2H3,(H2,21,22,23);1H. The average molecular weight is 505 g/mol. The molecule has 0 saturated heterocycles. The first-order valence-corrected chi connectivity index (χ1v) is 10.0. The lowest BCUT2D eigenvalue weighted by Crippen LogP contribution is -2.38. The van der Waals surface area contributed by atoms with Gasteiger partial charge in [0.2, 0.25) is 0 Å². The van der Waals surface area contributed by atoms with E-state index in [9.17, 15) is 4.39 Å². The van der Waals surface area contributed by atoms with Crippen molar-refractivity contribution in [3.05, 3.63) is 48.0 Å². The first-order chi connectivity index (χ1) is 12.7. The van der Waals surface area contributed by atoms with Crippen LogP contribution >= 0.6 is 35.7 Å². The van der Waals surface area contributed by atoms with Crippen molar-refractivity contribution in [3.63, 3.8) is 0 Å². The molecule has 0 spiro atoms. The molecule has 5 nitrogen and oxygen atoms in total. The molecule has 0 aliphatic carbocycles. The Hall–Kier alpha value is -1.29. The predicted molar refractivity (Wildman–Crippen MR) is 123 cm³/mol. The highest BCUT2D eigenvalue weighted by atomic mass is 127. The molecule has 27 heavy (non-hydrogen) atoms. The van der Waals surface area contributed by atoms with E-state index < -0.39 is 0 Å². The van der Waals surface area contributed by atoms with Gasteiger partial charge in [-0.25, -0.2) is 4.39 Å². The van der Waals surface area contributed by atoms with Crippen LogP contribution < -0.4 is 10.6 Å². The fraction of sp³-hybridized carbons (Fsp3) is 0.474. The lowest BCUT2D eigenvalue weighted by atomic mass is 10.2. The van der Waals surface area contributed by atoms with Gasteiger partial charge in [0.25, 0.3) is 0 Å². The quantitative estimate of drug-likeness (QED) is 0.169. The van der Waals surface area contributed by atoms with Gasteiger partial charge in [-0.1, -0.05) is 0 Å². The maximum absolute atomic E-state index is 12.9. The van der Waals surface area contributed by atoms with Crippen LogP contribution in [0, 0.1) is 5.82 Å². The second-order valence-corrected chi connectivity index (χ2v) is 7.14. The van der Waals surface area contributed by atoms with E-state index in [1.165, 1.54) is 17.7 Å². The van der Waals surface area contributed by atoms with E-state index in [1.807, 2.05) is 30.1 Å². The zero-order valence-corrected chi connectivity index (χ0v) is 19.1. The highest BCUT2D eigenvalue weighted by molar-refractivity contribution is 14.0. The molecular weight excluding hydrogens is 476 g/mol. The van der Waals surface area contributed by atoms with Crippen LogP contribution in [0.5, 0.6) is 0 Å². The molecule has 0 unspecified atom stereocenters. The number of aromatic nitrogens is 2. The third-order valence-electron chi connectivity index (χ3n) is 3.69. The number of halogens is 2. The number of guanidine groups is 1. The van der Waals surface area contributed by atoms with Crippen LogP contribution in [0.3, 0.4) is 0 Å². The van der Waals surface area contributed by atoms with Crippen molar-refractivity contribution in [2.24, 2.45) is 12.0 Å². The zero-order valence-electron chi connectivity index (χ0n) is 15.9. The van der Waals surface area contributed by atoms with Gasteiger partial charge in [0.05, 0.1) is 6.20 Å². The van der Waals surface area contributed by atoms with Crippen LogP contribution in [-0.2, 0) is 13.5 Å². The normalized spacial score (nSPS) is 11.1. The van der Waals surface area contributed by atoms with Gasteiger partial charge in [0.1, 0.15) is 5.82 Å². The van der Waals surface area contributed by atoms with Gasteiger partial charge in [-0.3, -0.25) is 9.67 Å². The van der Waals surface area contributed by atoms with Crippen LogP contribution in [0.2, 0.25) is 0 Å². The van der Waals surface area contributed by atoms with Crippen LogP contribution in [0.1, 0.15) is 25.3 Å². The van der Waals surface area contributed by atoms with E-state index >= 15 is 0 Å². The minimum absolute atomic E-state index is 0. The Balaban J connectivity index is 0.00000364. The lowest BCUT2D eigenvalue weighted by Gasteiger charge is -2.11. The SMILES string of the molecule is CCNC(=NCCCSc1ccc(F)cc1)NCCCc1cnn(C)c1.I. The summed E-state index contributed by atoms with van der Waals surface area (Å²) in [7, 11) is 1.94. The molecule has 150 valence electrons. The summed E-state index contributed by atoms with van der Waals surface area (Å²) in [6, 6.07) is 6.63. The van der Waals surface area contributed by atoms with Crippen molar-refractivity contribution in [3.8, 4) is 0 Å². The van der Waals surface area contributed by atoms with Crippen molar-refractivity contribution in [2.75, 3.05) is 25.4 Å². The first-order valence-electron chi connectivity index (χ1n) is 9.05. The molecule has 0 atom stereocenters. The van der Waals surface area contributed by atoms with Crippen LogP contribution in [0.15, 0.2) is 46.5 Å². The Morgan fingerprint density at radius 1 is 1.22 bits per heavy atom. The number of nitrogens with one attached hydrogen (secondary N) is 2. The molecule has 2 rings (SSSR count). The van der Waals surface area contributed by atoms with Gasteiger partial charge in [-0.2, -0.15) is 5.10 Å². The minimum atomic E-state index is -0.191. The number of benzene rings is 1. The Morgan fingerprint density at radius 2 is 2.00 bits per heavy atom. The largest absolute Gasteiger partial charge is 0.357 e. The number of rotatable bonds is 10. The summed E-state index contributed by atoms with van der Waals surface area (Å²) in [4.78, 5) is 5.71. The van der Waals surface area contributed by atoms with Crippen molar-refractivity contribution in [2.45, 2.75) is 31.1 Å². The summed E-state index contributed by atoms with van der Waals surface area (Å²) < 4.78 is 14.7. The molecule has 0 aliphatic rings. The molecule has 2 aromatic rings. The molecule has 2 N–H and O–H groups in total. The van der Waals surface area contributed by atoms with Gasteiger partial charge in [-0.15, -0.1) is 35.7 Å². The highest BCUT2D eigenvalue weighted by Gasteiger charge is 2.00. The smallest absolute Gasteiger partial charge is 0.191 e. The fourth-order valence-electron chi connectivity index (χ4n) is 2.42. The first kappa shape index (κ1) is 23.7. The highest BCUT2D eigenvalue weighted by Crippen LogP contribution is 2.18. The Labute approximate surface area is 182 Å². The summed E-state index contributed by atoms with van der Waals surface area (Å²) in [6.07, 6.45) is 7.00. The molecule has 0 bridgehead atoms. The monoisotopic (exact) mass is 505 g/mol. The second kappa shape index (κ2) is 13.8. The van der Waals surface area contributed by atoms with Gasteiger partial charge in [0.15, 0.2) is 5.96 Å². The summed E-state index contributed by atoms with van der Waals surface area (Å²) in [5, 5.41) is 10.8. The van der Waals surface area contributed by atoms with Gasteiger partial charge >= 0.3 is 0 Å². The molecule has 8 heteroatoms. The van der Waals surface area contributed by atoms with Crippen LogP contribution in [-0.4, -0.2) is 41.1 Å². The number of aryl methyl sites for hydroxylation is 2. The Morgan fingerprint density at radius 3 is 2.67 bits per heavy atom. The van der Waals surface area contributed by atoms with E-state index in [0.29, 0.717) is 0 Å². The molecule has 1 heterocycles. The third kappa shape index (κ3) is 9.99. The van der Waals surface area contributed by atoms with Gasteiger partial charge < -0.3 is 10.6 Å². The molecule has 1 aromatic carbocycles. The number of hydrogen-bond acceptors (Lipinski definition) is 3. The number of thioether (sulfide) groups is 1. The van der Waals surface area contributed by atoms with E-state index in [-0.39, 0.29) is 29.8 Å². The fourth-order valence-corrected chi connectivity index (χ4v) is 3.26. The number of nitrogens with zero attached hydrogens (tertiary/aromatic N) is 3. The number of aliphatic imine (C=N–C) groups is 1. The predicted octanol–water partition coefficient (Wildman–Crippen LogP) is 3.85. The van der Waals surface area contributed by atoms with E-state index in [1.54, 1.807) is 11.8 Å². The Kier molecular flexibility index (Phi) is 12.2. The molecule has 0 fully saturated rings. The van der Waals surface area contributed by atoms with E-state index in [0.717, 1.165) is 55.5 Å². The minimum Gasteiger partial charge on any atom is -0.357 e. The summed E-state index contributed by atoms with van der Waals surface area (Å²) >= 11 is 1.73. The maximum atomic E-state index is 12.9. The van der Waals surface area contributed by atoms with E-state index in [4.69, 9.17) is 0 Å². The number of hydrogen-bond donors (Lipinski definition) is 2. The van der Waals surface area contributed by atoms with E-state index in [2.05, 4.69) is 33.8 Å². The van der Waals surface area contributed by atoms with Crippen molar-refractivity contribution >= 4 is 41.7 Å². The van der Waals surface area contributed by atoms with Crippen molar-refractivity contribution in [1.82, 2.24) is 20.4 Å². The topological polar surface area (TPSA) is 54.2 Å². The Bertz CT molecular complexity index is 675. The lowest BCUT2D eigenvalue weighted by molar-refractivity contribution is 0.626. The molecule has 0 radical (unpaired) electrons. The summed E-state index contributed by atoms with van der Waals surface area (Å²) in [5.74, 6) is 1.64. The van der Waals surface area contributed by atoms with Crippen LogP contribution in [0.25, 0.3) is 0 Å². The van der Waals surface area contributed by atoms with Crippen LogP contribution in [0.4, 0.5) is 4.39 Å². The molecule has 1 aromatic heterocycles. The second-order valence-electron chi connectivity index (χ2n) is 5.97. The summed E-state index contributed by atoms with van der Waals surface area (Å²) in [5.41, 5.74) is 1.26. The molecule has 0 aliphatic heterocycles.